The van der Waals surface area contributed by atoms with E-state index in [1.165, 1.54) is 5.56 Å². The summed E-state index contributed by atoms with van der Waals surface area (Å²) < 4.78 is 6.39. The van der Waals surface area contributed by atoms with Gasteiger partial charge < -0.3 is 9.84 Å². The average molecular weight is 319 g/mol. The molecule has 0 spiro atoms. The third kappa shape index (κ3) is 4.78. The number of hydrogen-bond donors (Lipinski definition) is 1. The van der Waals surface area contributed by atoms with E-state index in [1.54, 1.807) is 30.2 Å². The first-order valence-corrected chi connectivity index (χ1v) is 8.41. The third-order valence-corrected chi connectivity index (χ3v) is 4.89. The molecule has 21 heavy (non-hydrogen) atoms. The Morgan fingerprint density at radius 3 is 2.95 bits per heavy atom. The average Bonchev–Trinajstić information content (AvgIpc) is 2.91. The Morgan fingerprint density at radius 1 is 1.43 bits per heavy atom. The van der Waals surface area contributed by atoms with E-state index < -0.39 is 0 Å². The zero-order chi connectivity index (χ0) is 15.1. The normalized spacial score (nSPS) is 10.0. The molecule has 0 radical (unpaired) electrons. The molecule has 1 aromatic heterocycles. The van der Waals surface area contributed by atoms with Gasteiger partial charge in [0.05, 0.1) is 19.3 Å². The minimum absolute atomic E-state index is 0.0776. The lowest BCUT2D eigenvalue weighted by Gasteiger charge is -2.06. The van der Waals surface area contributed by atoms with Crippen LogP contribution in [0.5, 0.6) is 5.75 Å². The molecule has 0 aliphatic carbocycles. The van der Waals surface area contributed by atoms with Gasteiger partial charge in [0, 0.05) is 23.2 Å². The van der Waals surface area contributed by atoms with Crippen LogP contribution in [0.25, 0.3) is 0 Å². The number of methoxy groups -OCH3 is 1. The van der Waals surface area contributed by atoms with Gasteiger partial charge in [-0.1, -0.05) is 29.7 Å². The molecule has 5 heteroatoms. The molecule has 110 valence electrons. The van der Waals surface area contributed by atoms with E-state index in [0.717, 1.165) is 27.1 Å². The molecule has 1 aromatic carbocycles. The number of ether oxygens (including phenoxy) is 1. The number of rotatable bonds is 5. The summed E-state index contributed by atoms with van der Waals surface area (Å²) in [5.74, 6) is 7.60. The van der Waals surface area contributed by atoms with Crippen LogP contribution >= 0.6 is 23.1 Å². The first-order chi connectivity index (χ1) is 10.2. The zero-order valence-electron chi connectivity index (χ0n) is 12.0. The van der Waals surface area contributed by atoms with Crippen molar-refractivity contribution < 1.29 is 9.84 Å². The van der Waals surface area contributed by atoms with Gasteiger partial charge >= 0.3 is 0 Å². The fourth-order valence-electron chi connectivity index (χ4n) is 1.70. The van der Waals surface area contributed by atoms with Gasteiger partial charge in [-0.15, -0.1) is 11.3 Å². The van der Waals surface area contributed by atoms with Crippen LogP contribution in [0.1, 0.15) is 23.2 Å². The summed E-state index contributed by atoms with van der Waals surface area (Å²) in [6, 6.07) is 6.02. The van der Waals surface area contributed by atoms with Crippen LogP contribution in [0.15, 0.2) is 27.9 Å². The molecule has 0 saturated heterocycles. The summed E-state index contributed by atoms with van der Waals surface area (Å²) in [4.78, 5) is 4.44. The van der Waals surface area contributed by atoms with Gasteiger partial charge in [0.25, 0.3) is 0 Å². The SMILES string of the molecule is COc1ccc(CSc2nc(C)cs2)cc1C#CCCO. The number of thiazole rings is 1. The Morgan fingerprint density at radius 2 is 2.29 bits per heavy atom. The second-order valence-electron chi connectivity index (χ2n) is 4.35. The fourth-order valence-corrected chi connectivity index (χ4v) is 3.49. The number of benzene rings is 1. The molecule has 0 amide bonds. The number of nitrogens with zero attached hydrogens (tertiary/aromatic N) is 1. The summed E-state index contributed by atoms with van der Waals surface area (Å²) in [6.07, 6.45) is 0.473. The van der Waals surface area contributed by atoms with Crippen LogP contribution in [0, 0.1) is 18.8 Å². The molecule has 1 heterocycles. The Balaban J connectivity index is 2.10. The second-order valence-corrected chi connectivity index (χ2v) is 6.43. The maximum absolute atomic E-state index is 8.79. The number of aromatic nitrogens is 1. The molecule has 1 N–H and O–H groups in total. The fraction of sp³-hybridized carbons (Fsp3) is 0.312. The molecule has 0 unspecified atom stereocenters. The van der Waals surface area contributed by atoms with Crippen LogP contribution in [0.4, 0.5) is 0 Å². The Hall–Kier alpha value is -1.48. The number of thioether (sulfide) groups is 1. The Kier molecular flexibility index (Phi) is 6.12. The van der Waals surface area contributed by atoms with Crippen LogP contribution in [-0.2, 0) is 5.75 Å². The molecule has 0 atom stereocenters. The number of aliphatic hydroxyl groups is 1. The summed E-state index contributed by atoms with van der Waals surface area (Å²) in [7, 11) is 1.64. The van der Waals surface area contributed by atoms with Gasteiger partial charge in [0.1, 0.15) is 10.1 Å². The molecule has 2 aromatic rings. The summed E-state index contributed by atoms with van der Waals surface area (Å²) in [5.41, 5.74) is 3.11. The van der Waals surface area contributed by atoms with Gasteiger partial charge in [-0.25, -0.2) is 4.98 Å². The predicted octanol–water partition coefficient (Wildman–Crippen LogP) is 3.49. The van der Waals surface area contributed by atoms with E-state index in [4.69, 9.17) is 9.84 Å². The van der Waals surface area contributed by atoms with Crippen LogP contribution in [0.3, 0.4) is 0 Å². The quantitative estimate of drug-likeness (QED) is 0.677. The Bertz CT molecular complexity index is 656. The van der Waals surface area contributed by atoms with Crippen molar-refractivity contribution in [3.63, 3.8) is 0 Å². The van der Waals surface area contributed by atoms with Gasteiger partial charge in [0.15, 0.2) is 0 Å². The van der Waals surface area contributed by atoms with Gasteiger partial charge in [-0.2, -0.15) is 0 Å². The van der Waals surface area contributed by atoms with Crippen LogP contribution in [-0.4, -0.2) is 23.8 Å². The zero-order valence-corrected chi connectivity index (χ0v) is 13.7. The van der Waals surface area contributed by atoms with E-state index in [-0.39, 0.29) is 6.61 Å². The van der Waals surface area contributed by atoms with Crippen molar-refractivity contribution in [1.29, 1.82) is 0 Å². The van der Waals surface area contributed by atoms with Crippen molar-refractivity contribution in [2.45, 2.75) is 23.4 Å². The van der Waals surface area contributed by atoms with Crippen LogP contribution < -0.4 is 4.74 Å². The summed E-state index contributed by atoms with van der Waals surface area (Å²) in [6.45, 7) is 2.08. The van der Waals surface area contributed by atoms with E-state index in [0.29, 0.717) is 6.42 Å². The van der Waals surface area contributed by atoms with Crippen molar-refractivity contribution >= 4 is 23.1 Å². The van der Waals surface area contributed by atoms with Gasteiger partial charge in [-0.3, -0.25) is 0 Å². The molecule has 3 nitrogen and oxygen atoms in total. The maximum atomic E-state index is 8.79. The third-order valence-electron chi connectivity index (χ3n) is 2.68. The highest BCUT2D eigenvalue weighted by Crippen LogP contribution is 2.28. The van der Waals surface area contributed by atoms with Crippen molar-refractivity contribution in [3.05, 3.63) is 40.4 Å². The Labute approximate surface area is 133 Å². The van der Waals surface area contributed by atoms with E-state index in [2.05, 4.69) is 22.2 Å². The first kappa shape index (κ1) is 15.9. The smallest absolute Gasteiger partial charge is 0.150 e. The number of aliphatic hydroxyl groups excluding tert-OH is 1. The number of aryl methyl sites for hydroxylation is 1. The molecule has 0 saturated carbocycles. The minimum Gasteiger partial charge on any atom is -0.495 e. The predicted molar refractivity (Wildman–Crippen MR) is 88.0 cm³/mol. The van der Waals surface area contributed by atoms with E-state index >= 15 is 0 Å². The van der Waals surface area contributed by atoms with Crippen molar-refractivity contribution in [3.8, 4) is 17.6 Å². The van der Waals surface area contributed by atoms with Crippen LogP contribution in [0.2, 0.25) is 0 Å². The highest BCUT2D eigenvalue weighted by Gasteiger charge is 2.05. The summed E-state index contributed by atoms with van der Waals surface area (Å²) >= 11 is 3.39. The molecular formula is C16H17NO2S2. The molecule has 0 aliphatic heterocycles. The lowest BCUT2D eigenvalue weighted by Crippen LogP contribution is -1.90. The highest BCUT2D eigenvalue weighted by molar-refractivity contribution is 8.00. The molecule has 0 fully saturated rings. The largest absolute Gasteiger partial charge is 0.495 e. The molecular weight excluding hydrogens is 302 g/mol. The van der Waals surface area contributed by atoms with E-state index in [9.17, 15) is 0 Å². The van der Waals surface area contributed by atoms with E-state index in [1.807, 2.05) is 25.1 Å². The minimum atomic E-state index is 0.0776. The second kappa shape index (κ2) is 8.08. The summed E-state index contributed by atoms with van der Waals surface area (Å²) in [5, 5.41) is 10.9. The monoisotopic (exact) mass is 319 g/mol. The molecule has 0 bridgehead atoms. The van der Waals surface area contributed by atoms with Crippen molar-refractivity contribution in [2.75, 3.05) is 13.7 Å². The molecule has 2 rings (SSSR count). The molecule has 0 aliphatic rings. The lowest BCUT2D eigenvalue weighted by molar-refractivity contribution is 0.305. The van der Waals surface area contributed by atoms with Crippen molar-refractivity contribution in [1.82, 2.24) is 4.98 Å². The lowest BCUT2D eigenvalue weighted by atomic mass is 10.1. The topological polar surface area (TPSA) is 42.4 Å². The van der Waals surface area contributed by atoms with Gasteiger partial charge in [-0.05, 0) is 24.6 Å². The first-order valence-electron chi connectivity index (χ1n) is 6.54. The maximum Gasteiger partial charge on any atom is 0.150 e. The van der Waals surface area contributed by atoms with Crippen molar-refractivity contribution in [2.24, 2.45) is 0 Å². The van der Waals surface area contributed by atoms with Gasteiger partial charge in [0.2, 0.25) is 0 Å². The standard InChI is InChI=1S/C16H17NO2S2/c1-12-10-20-16(17-12)21-11-13-6-7-15(19-2)14(9-13)5-3-4-8-18/h6-7,9-10,18H,4,8,11H2,1-2H3. The highest BCUT2D eigenvalue weighted by atomic mass is 32.2. The number of hydrogen-bond acceptors (Lipinski definition) is 5.